The van der Waals surface area contributed by atoms with Crippen LogP contribution < -0.4 is 4.84 Å². The van der Waals surface area contributed by atoms with Crippen molar-refractivity contribution in [1.82, 2.24) is 5.06 Å². The molecule has 4 heteroatoms. The Morgan fingerprint density at radius 2 is 1.47 bits per heavy atom. The number of hydroxylamine groups is 2. The number of nitrogens with zero attached hydrogens (tertiary/aromatic N) is 1. The van der Waals surface area contributed by atoms with Crippen LogP contribution in [0.15, 0.2) is 60.7 Å². The summed E-state index contributed by atoms with van der Waals surface area (Å²) in [7, 11) is 0. The van der Waals surface area contributed by atoms with Crippen LogP contribution in [0.4, 0.5) is 0 Å². The lowest BCUT2D eigenvalue weighted by molar-refractivity contribution is -0.0835. The molecule has 19 heavy (non-hydrogen) atoms. The van der Waals surface area contributed by atoms with Crippen LogP contribution >= 0.6 is 23.2 Å². The fraction of sp³-hybridized carbons (Fsp3) is 0.200. The molecule has 0 aliphatic heterocycles. The normalized spacial score (nSPS) is 11.6. The number of para-hydroxylation sites is 1. The molecular formula is C15H15Cl2NO. The third kappa shape index (κ3) is 3.41. The number of rotatable bonds is 5. The van der Waals surface area contributed by atoms with Crippen LogP contribution in [0.3, 0.4) is 0 Å². The van der Waals surface area contributed by atoms with E-state index in [1.54, 1.807) is 5.06 Å². The predicted octanol–water partition coefficient (Wildman–Crippen LogP) is 4.59. The highest BCUT2D eigenvalue weighted by atomic mass is 35.5. The van der Waals surface area contributed by atoms with Gasteiger partial charge in [-0.3, -0.25) is 0 Å². The molecule has 0 amide bonds. The second-order valence-electron chi connectivity index (χ2n) is 4.01. The van der Waals surface area contributed by atoms with E-state index in [9.17, 15) is 0 Å². The number of benzene rings is 2. The Morgan fingerprint density at radius 1 is 0.947 bits per heavy atom. The van der Waals surface area contributed by atoms with Crippen molar-refractivity contribution in [1.29, 1.82) is 0 Å². The zero-order valence-electron chi connectivity index (χ0n) is 10.6. The van der Waals surface area contributed by atoms with Gasteiger partial charge in [-0.1, -0.05) is 71.7 Å². The molecule has 0 aliphatic rings. The maximum atomic E-state index is 6.44. The lowest BCUT2D eigenvalue weighted by Gasteiger charge is -2.32. The van der Waals surface area contributed by atoms with E-state index < -0.39 is 4.46 Å². The molecule has 0 radical (unpaired) electrons. The standard InChI is InChI=1S/C15H15Cl2NO/c1-2-18(19-14-11-7-4-8-12-14)15(16,17)13-9-5-3-6-10-13/h3-12H,2H2,1H3. The van der Waals surface area contributed by atoms with Crippen molar-refractivity contribution in [3.63, 3.8) is 0 Å². The molecule has 100 valence electrons. The van der Waals surface area contributed by atoms with Crippen LogP contribution in [0.5, 0.6) is 5.75 Å². The first-order chi connectivity index (χ1) is 9.14. The summed E-state index contributed by atoms with van der Waals surface area (Å²) in [6.07, 6.45) is 0. The van der Waals surface area contributed by atoms with Crippen molar-refractivity contribution >= 4 is 23.2 Å². The van der Waals surface area contributed by atoms with Gasteiger partial charge in [-0.05, 0) is 19.1 Å². The summed E-state index contributed by atoms with van der Waals surface area (Å²) in [5.74, 6) is 0.700. The van der Waals surface area contributed by atoms with E-state index in [1.165, 1.54) is 0 Å². The van der Waals surface area contributed by atoms with Crippen LogP contribution in [-0.4, -0.2) is 11.6 Å². The molecule has 0 fully saturated rings. The molecule has 0 unspecified atom stereocenters. The van der Waals surface area contributed by atoms with Gasteiger partial charge < -0.3 is 4.84 Å². The second-order valence-corrected chi connectivity index (χ2v) is 5.29. The van der Waals surface area contributed by atoms with Gasteiger partial charge in [0.2, 0.25) is 4.46 Å². The Bertz CT molecular complexity index is 502. The molecule has 0 atom stereocenters. The van der Waals surface area contributed by atoms with Crippen molar-refractivity contribution in [2.75, 3.05) is 6.54 Å². The Hall–Kier alpha value is -1.22. The first-order valence-corrected chi connectivity index (χ1v) is 6.84. The molecule has 0 aliphatic carbocycles. The zero-order chi connectivity index (χ0) is 13.7. The highest BCUT2D eigenvalue weighted by Crippen LogP contribution is 2.37. The highest BCUT2D eigenvalue weighted by Gasteiger charge is 2.35. The lowest BCUT2D eigenvalue weighted by atomic mass is 10.2. The maximum Gasteiger partial charge on any atom is 0.227 e. The van der Waals surface area contributed by atoms with Crippen molar-refractivity contribution in [3.05, 3.63) is 66.2 Å². The summed E-state index contributed by atoms with van der Waals surface area (Å²) in [6.45, 7) is 2.49. The number of hydrogen-bond donors (Lipinski definition) is 0. The van der Waals surface area contributed by atoms with Crippen molar-refractivity contribution in [2.45, 2.75) is 11.4 Å². The smallest absolute Gasteiger partial charge is 0.227 e. The molecule has 0 spiro atoms. The predicted molar refractivity (Wildman–Crippen MR) is 79.3 cm³/mol. The first-order valence-electron chi connectivity index (χ1n) is 6.08. The minimum atomic E-state index is -1.23. The summed E-state index contributed by atoms with van der Waals surface area (Å²) in [5.41, 5.74) is 0.774. The van der Waals surface area contributed by atoms with Gasteiger partial charge in [-0.25, -0.2) is 0 Å². The van der Waals surface area contributed by atoms with Crippen LogP contribution in [-0.2, 0) is 4.46 Å². The summed E-state index contributed by atoms with van der Waals surface area (Å²) in [4.78, 5) is 5.75. The molecule has 2 aromatic carbocycles. The van der Waals surface area contributed by atoms with Crippen LogP contribution in [0, 0.1) is 0 Å². The van der Waals surface area contributed by atoms with E-state index >= 15 is 0 Å². The molecule has 0 N–H and O–H groups in total. The fourth-order valence-corrected chi connectivity index (χ4v) is 2.27. The van der Waals surface area contributed by atoms with Gasteiger partial charge in [0.15, 0.2) is 0 Å². The number of hydrogen-bond acceptors (Lipinski definition) is 2. The molecule has 2 aromatic rings. The summed E-state index contributed by atoms with van der Waals surface area (Å²) < 4.78 is -1.23. The third-order valence-corrected chi connectivity index (χ3v) is 3.49. The van der Waals surface area contributed by atoms with E-state index in [0.717, 1.165) is 5.56 Å². The van der Waals surface area contributed by atoms with Gasteiger partial charge in [0.05, 0.1) is 0 Å². The minimum Gasteiger partial charge on any atom is -0.403 e. The fourth-order valence-electron chi connectivity index (χ4n) is 1.71. The topological polar surface area (TPSA) is 12.5 Å². The van der Waals surface area contributed by atoms with E-state index in [1.807, 2.05) is 67.6 Å². The van der Waals surface area contributed by atoms with Crippen LogP contribution in [0.2, 0.25) is 0 Å². The Morgan fingerprint density at radius 3 is 2.00 bits per heavy atom. The minimum absolute atomic E-state index is 0.552. The van der Waals surface area contributed by atoms with E-state index in [4.69, 9.17) is 28.0 Å². The highest BCUT2D eigenvalue weighted by molar-refractivity contribution is 6.47. The number of halogens is 2. The Labute approximate surface area is 123 Å². The molecule has 0 bridgehead atoms. The van der Waals surface area contributed by atoms with E-state index in [-0.39, 0.29) is 0 Å². The second kappa shape index (κ2) is 6.29. The molecule has 0 heterocycles. The molecule has 0 aromatic heterocycles. The van der Waals surface area contributed by atoms with Gasteiger partial charge >= 0.3 is 0 Å². The SMILES string of the molecule is CCN(Oc1ccccc1)C(Cl)(Cl)c1ccccc1. The van der Waals surface area contributed by atoms with Gasteiger partial charge in [-0.2, -0.15) is 0 Å². The average Bonchev–Trinajstić information content (AvgIpc) is 2.46. The summed E-state index contributed by atoms with van der Waals surface area (Å²) >= 11 is 12.9. The van der Waals surface area contributed by atoms with Crippen molar-refractivity contribution in [2.24, 2.45) is 0 Å². The maximum absolute atomic E-state index is 6.44. The van der Waals surface area contributed by atoms with E-state index in [0.29, 0.717) is 12.3 Å². The van der Waals surface area contributed by atoms with Gasteiger partial charge in [0.1, 0.15) is 5.75 Å². The Balaban J connectivity index is 2.21. The molecule has 2 nitrogen and oxygen atoms in total. The van der Waals surface area contributed by atoms with E-state index in [2.05, 4.69) is 0 Å². The monoisotopic (exact) mass is 295 g/mol. The molecule has 0 saturated carbocycles. The van der Waals surface area contributed by atoms with Crippen LogP contribution in [0.1, 0.15) is 12.5 Å². The number of alkyl halides is 2. The molecule has 0 saturated heterocycles. The third-order valence-electron chi connectivity index (χ3n) is 2.68. The summed E-state index contributed by atoms with van der Waals surface area (Å²) in [6, 6.07) is 18.9. The van der Waals surface area contributed by atoms with Gasteiger partial charge in [0, 0.05) is 12.1 Å². The van der Waals surface area contributed by atoms with Crippen LogP contribution in [0.25, 0.3) is 0 Å². The van der Waals surface area contributed by atoms with Gasteiger partial charge in [0.25, 0.3) is 0 Å². The first kappa shape index (κ1) is 14.2. The summed E-state index contributed by atoms with van der Waals surface area (Å²) in [5, 5.41) is 1.54. The van der Waals surface area contributed by atoms with Crippen molar-refractivity contribution < 1.29 is 4.84 Å². The molecule has 2 rings (SSSR count). The lowest BCUT2D eigenvalue weighted by Crippen LogP contribution is -2.40. The quantitative estimate of drug-likeness (QED) is 0.454. The van der Waals surface area contributed by atoms with Gasteiger partial charge in [-0.15, -0.1) is 5.06 Å². The Kier molecular flexibility index (Phi) is 4.70. The molecular weight excluding hydrogens is 281 g/mol. The average molecular weight is 296 g/mol. The van der Waals surface area contributed by atoms with Crippen molar-refractivity contribution in [3.8, 4) is 5.75 Å². The zero-order valence-corrected chi connectivity index (χ0v) is 12.1. The largest absolute Gasteiger partial charge is 0.403 e.